The summed E-state index contributed by atoms with van der Waals surface area (Å²) in [5.41, 5.74) is 0.478. The molecule has 4 rings (SSSR count). The maximum absolute atomic E-state index is 14.5. The van der Waals surface area contributed by atoms with Crippen molar-refractivity contribution in [2.45, 2.75) is 17.4 Å². The number of sulfone groups is 1. The molecular formula is C16H16FN5O3S. The Morgan fingerprint density at radius 3 is 2.88 bits per heavy atom. The van der Waals surface area contributed by atoms with Gasteiger partial charge in [0.05, 0.1) is 11.1 Å². The van der Waals surface area contributed by atoms with Crippen molar-refractivity contribution < 1.29 is 17.5 Å². The normalized spacial score (nSPS) is 17.7. The van der Waals surface area contributed by atoms with Crippen LogP contribution in [0.4, 0.5) is 4.39 Å². The van der Waals surface area contributed by atoms with E-state index in [1.807, 2.05) is 0 Å². The fraction of sp³-hybridized carbons (Fsp3) is 0.312. The maximum Gasteiger partial charge on any atom is 0.228 e. The van der Waals surface area contributed by atoms with E-state index in [0.29, 0.717) is 16.9 Å². The van der Waals surface area contributed by atoms with E-state index in [0.717, 1.165) is 31.8 Å². The first-order valence-corrected chi connectivity index (χ1v) is 9.89. The average molecular weight is 377 g/mol. The molecule has 3 heterocycles. The van der Waals surface area contributed by atoms with E-state index in [4.69, 9.17) is 4.74 Å². The zero-order valence-corrected chi connectivity index (χ0v) is 14.7. The Hall–Kier alpha value is -2.59. The number of aromatic nitrogens is 4. The summed E-state index contributed by atoms with van der Waals surface area (Å²) in [4.78, 5) is 8.24. The quantitative estimate of drug-likeness (QED) is 0.727. The lowest BCUT2D eigenvalue weighted by molar-refractivity contribution is 0.217. The molecule has 0 aliphatic carbocycles. The molecule has 3 aromatic rings. The Bertz CT molecular complexity index is 1080. The number of benzene rings is 1. The van der Waals surface area contributed by atoms with Crippen LogP contribution in [0.3, 0.4) is 0 Å². The Balaban J connectivity index is 1.76. The van der Waals surface area contributed by atoms with Crippen molar-refractivity contribution in [3.8, 4) is 11.6 Å². The molecule has 10 heteroatoms. The molecule has 0 bridgehead atoms. The summed E-state index contributed by atoms with van der Waals surface area (Å²) < 4.78 is 44.8. The lowest BCUT2D eigenvalue weighted by Gasteiger charge is -2.11. The first kappa shape index (κ1) is 16.9. The van der Waals surface area contributed by atoms with Gasteiger partial charge in [-0.3, -0.25) is 0 Å². The third-order valence-corrected chi connectivity index (χ3v) is 5.31. The second-order valence-corrected chi connectivity index (χ2v) is 8.11. The molecule has 1 fully saturated rings. The third-order valence-electron chi connectivity index (χ3n) is 4.20. The summed E-state index contributed by atoms with van der Waals surface area (Å²) in [7, 11) is -3.49. The predicted molar refractivity (Wildman–Crippen MR) is 91.6 cm³/mol. The van der Waals surface area contributed by atoms with Crippen LogP contribution in [0.5, 0.6) is 5.88 Å². The lowest BCUT2D eigenvalue weighted by Crippen LogP contribution is -2.20. The van der Waals surface area contributed by atoms with Crippen molar-refractivity contribution >= 4 is 20.9 Å². The number of fused-ring (bicyclic) bond motifs is 1. The number of ether oxygens (including phenoxy) is 1. The van der Waals surface area contributed by atoms with Crippen molar-refractivity contribution in [2.24, 2.45) is 0 Å². The van der Waals surface area contributed by atoms with Gasteiger partial charge in [0.25, 0.3) is 0 Å². The molecule has 2 aromatic heterocycles. The molecule has 26 heavy (non-hydrogen) atoms. The van der Waals surface area contributed by atoms with Crippen LogP contribution in [0.1, 0.15) is 6.42 Å². The van der Waals surface area contributed by atoms with Gasteiger partial charge in [0.2, 0.25) is 5.88 Å². The molecular weight excluding hydrogens is 361 g/mol. The minimum Gasteiger partial charge on any atom is -0.472 e. The van der Waals surface area contributed by atoms with Crippen LogP contribution >= 0.6 is 0 Å². The Labute approximate surface area is 148 Å². The standard InChI is InChI=1S/C16H16FN5O3S/c1-26(23,24)11-2-3-14(13(17)6-11)22-15-12(8-21-22)16(20-9-19-15)25-10-4-5-18-7-10/h2-3,6,8-10,18H,4-5,7H2,1H3. The molecule has 1 atom stereocenters. The summed E-state index contributed by atoms with van der Waals surface area (Å²) in [5, 5.41) is 7.95. The van der Waals surface area contributed by atoms with Crippen molar-refractivity contribution in [3.63, 3.8) is 0 Å². The number of hydrogen-bond donors (Lipinski definition) is 1. The van der Waals surface area contributed by atoms with E-state index in [1.165, 1.54) is 29.3 Å². The van der Waals surface area contributed by atoms with Gasteiger partial charge in [-0.05, 0) is 31.2 Å². The molecule has 1 aromatic carbocycles. The van der Waals surface area contributed by atoms with Crippen molar-refractivity contribution in [1.82, 2.24) is 25.1 Å². The van der Waals surface area contributed by atoms with Crippen molar-refractivity contribution in [3.05, 3.63) is 36.5 Å². The largest absolute Gasteiger partial charge is 0.472 e. The van der Waals surface area contributed by atoms with Gasteiger partial charge in [-0.15, -0.1) is 0 Å². The number of halogens is 1. The summed E-state index contributed by atoms with van der Waals surface area (Å²) in [6, 6.07) is 3.67. The van der Waals surface area contributed by atoms with Crippen LogP contribution < -0.4 is 10.1 Å². The minimum atomic E-state index is -3.49. The average Bonchev–Trinajstić information content (AvgIpc) is 3.24. The monoisotopic (exact) mass is 377 g/mol. The van der Waals surface area contributed by atoms with Gasteiger partial charge >= 0.3 is 0 Å². The molecule has 136 valence electrons. The highest BCUT2D eigenvalue weighted by molar-refractivity contribution is 7.90. The van der Waals surface area contributed by atoms with Crippen LogP contribution in [0.25, 0.3) is 16.7 Å². The smallest absolute Gasteiger partial charge is 0.228 e. The van der Waals surface area contributed by atoms with E-state index >= 15 is 0 Å². The van der Waals surface area contributed by atoms with Gasteiger partial charge in [0.1, 0.15) is 29.3 Å². The van der Waals surface area contributed by atoms with E-state index in [1.54, 1.807) is 0 Å². The van der Waals surface area contributed by atoms with Crippen molar-refractivity contribution in [2.75, 3.05) is 19.3 Å². The van der Waals surface area contributed by atoms with Crippen LogP contribution in [0.15, 0.2) is 35.6 Å². The fourth-order valence-corrected chi connectivity index (χ4v) is 3.50. The van der Waals surface area contributed by atoms with Gasteiger partial charge in [0, 0.05) is 12.8 Å². The molecule has 0 saturated carbocycles. The Morgan fingerprint density at radius 1 is 1.35 bits per heavy atom. The summed E-state index contributed by atoms with van der Waals surface area (Å²) in [5.74, 6) is -0.317. The molecule has 1 aliphatic heterocycles. The molecule has 1 aliphatic rings. The summed E-state index contributed by atoms with van der Waals surface area (Å²) in [6.45, 7) is 1.62. The summed E-state index contributed by atoms with van der Waals surface area (Å²) in [6.07, 6.45) is 4.76. The number of nitrogens with one attached hydrogen (secondary N) is 1. The number of hydrogen-bond acceptors (Lipinski definition) is 7. The van der Waals surface area contributed by atoms with Gasteiger partial charge < -0.3 is 10.1 Å². The van der Waals surface area contributed by atoms with E-state index < -0.39 is 15.7 Å². The maximum atomic E-state index is 14.5. The van der Waals surface area contributed by atoms with Crippen LogP contribution in [0, 0.1) is 5.82 Å². The van der Waals surface area contributed by atoms with E-state index in [2.05, 4.69) is 20.4 Å². The molecule has 0 spiro atoms. The molecule has 0 radical (unpaired) electrons. The fourth-order valence-electron chi connectivity index (χ4n) is 2.87. The van der Waals surface area contributed by atoms with E-state index in [-0.39, 0.29) is 16.7 Å². The predicted octanol–water partition coefficient (Wildman–Crippen LogP) is 1.10. The molecule has 8 nitrogen and oxygen atoms in total. The van der Waals surface area contributed by atoms with Gasteiger partial charge in [0.15, 0.2) is 15.5 Å². The van der Waals surface area contributed by atoms with Gasteiger partial charge in [-0.25, -0.2) is 27.5 Å². The molecule has 1 saturated heterocycles. The third kappa shape index (κ3) is 3.01. The van der Waals surface area contributed by atoms with E-state index in [9.17, 15) is 12.8 Å². The topological polar surface area (TPSA) is 99.0 Å². The first-order chi connectivity index (χ1) is 12.4. The van der Waals surface area contributed by atoms with Crippen LogP contribution in [-0.4, -0.2) is 53.6 Å². The highest BCUT2D eigenvalue weighted by atomic mass is 32.2. The Morgan fingerprint density at radius 2 is 2.19 bits per heavy atom. The molecule has 1 unspecified atom stereocenters. The zero-order valence-electron chi connectivity index (χ0n) is 13.9. The van der Waals surface area contributed by atoms with Gasteiger partial charge in [-0.1, -0.05) is 0 Å². The van der Waals surface area contributed by atoms with Crippen LogP contribution in [-0.2, 0) is 9.84 Å². The summed E-state index contributed by atoms with van der Waals surface area (Å²) >= 11 is 0. The first-order valence-electron chi connectivity index (χ1n) is 7.99. The lowest BCUT2D eigenvalue weighted by atomic mass is 10.3. The minimum absolute atomic E-state index is 0.0160. The highest BCUT2D eigenvalue weighted by Crippen LogP contribution is 2.26. The second kappa shape index (κ2) is 6.29. The molecule has 1 N–H and O–H groups in total. The SMILES string of the molecule is CS(=O)(=O)c1ccc(-n2ncc3c(OC4CCNC4)ncnc32)c(F)c1. The van der Waals surface area contributed by atoms with Gasteiger partial charge in [-0.2, -0.15) is 5.10 Å². The number of nitrogens with zero attached hydrogens (tertiary/aromatic N) is 4. The van der Waals surface area contributed by atoms with Crippen LogP contribution in [0.2, 0.25) is 0 Å². The molecule has 0 amide bonds. The second-order valence-electron chi connectivity index (χ2n) is 6.09. The van der Waals surface area contributed by atoms with Crippen molar-refractivity contribution in [1.29, 1.82) is 0 Å². The highest BCUT2D eigenvalue weighted by Gasteiger charge is 2.21. The zero-order chi connectivity index (χ0) is 18.3. The Kier molecular flexibility index (Phi) is 4.08. The number of rotatable bonds is 4.